The van der Waals surface area contributed by atoms with E-state index in [2.05, 4.69) is 25.6 Å². The number of H-pyrrole nitrogens is 1. The summed E-state index contributed by atoms with van der Waals surface area (Å²) in [5.41, 5.74) is 8.07. The number of hydrogen-bond donors (Lipinski definition) is 4. The second-order valence-electron chi connectivity index (χ2n) is 13.9. The molecule has 0 fully saturated rings. The number of alkyl halides is 3. The summed E-state index contributed by atoms with van der Waals surface area (Å²) in [6, 6.07) is 14.8. The average molecular weight is 806 g/mol. The number of ketones is 1. The number of aromatic nitrogens is 3. The second-order valence-corrected chi connectivity index (χ2v) is 15.3. The molecule has 0 bridgehead atoms. The van der Waals surface area contributed by atoms with Crippen molar-refractivity contribution in [3.8, 4) is 0 Å². The van der Waals surface area contributed by atoms with Crippen LogP contribution in [0.1, 0.15) is 53.5 Å². The molecule has 5 N–H and O–H groups in total. The van der Waals surface area contributed by atoms with Gasteiger partial charge in [0.1, 0.15) is 11.1 Å². The van der Waals surface area contributed by atoms with Crippen molar-refractivity contribution in [3.63, 3.8) is 0 Å². The number of nitrogens with zero attached hydrogens (tertiary/aromatic N) is 3. The summed E-state index contributed by atoms with van der Waals surface area (Å²) in [6.45, 7) is 0.271. The smallest absolute Gasteiger partial charge is 0.361 e. The lowest BCUT2D eigenvalue weighted by atomic mass is 9.89. The van der Waals surface area contributed by atoms with Crippen LogP contribution in [0.4, 0.5) is 13.2 Å². The Morgan fingerprint density at radius 3 is 2.55 bits per heavy atom. The first kappa shape index (κ1) is 40.9. The summed E-state index contributed by atoms with van der Waals surface area (Å²) in [7, 11) is 1.53. The van der Waals surface area contributed by atoms with E-state index in [0.29, 0.717) is 36.4 Å². The highest BCUT2D eigenvalue weighted by Crippen LogP contribution is 2.41. The van der Waals surface area contributed by atoms with Crippen molar-refractivity contribution in [1.29, 1.82) is 0 Å². The van der Waals surface area contributed by atoms with E-state index in [1.165, 1.54) is 11.9 Å². The molecule has 294 valence electrons. The number of nitrogens with one attached hydrogen (secondary N) is 3. The number of fused-ring (bicyclic) bond motifs is 3. The van der Waals surface area contributed by atoms with Gasteiger partial charge < -0.3 is 26.3 Å². The fraction of sp³-hybridized carbons (Fsp3) is 0.341. The summed E-state index contributed by atoms with van der Waals surface area (Å²) in [5.74, 6) is -1.94. The lowest BCUT2D eigenvalue weighted by molar-refractivity contribution is -0.143. The number of Topliss-reactive ketones (excluding diaryl/α,β-unsaturated/α-hetero) is 1. The minimum Gasteiger partial charge on any atom is -0.361 e. The molecule has 6 rings (SSSR count). The van der Waals surface area contributed by atoms with Gasteiger partial charge in [-0.25, -0.2) is 4.98 Å². The highest BCUT2D eigenvalue weighted by Gasteiger charge is 2.36. The number of hydrogen-bond acceptors (Lipinski definition) is 8. The quantitative estimate of drug-likeness (QED) is 0.124. The van der Waals surface area contributed by atoms with E-state index in [1.54, 1.807) is 36.9 Å². The monoisotopic (exact) mass is 805 g/mol. The number of nitrogens with two attached hydrogens (primary N) is 1. The van der Waals surface area contributed by atoms with Crippen LogP contribution in [0, 0.1) is 5.92 Å². The molecule has 10 nitrogen and oxygen atoms in total. The van der Waals surface area contributed by atoms with Crippen LogP contribution in [0.25, 0.3) is 10.9 Å². The van der Waals surface area contributed by atoms with Crippen molar-refractivity contribution < 1.29 is 27.6 Å². The zero-order chi connectivity index (χ0) is 39.8. The van der Waals surface area contributed by atoms with E-state index in [0.717, 1.165) is 45.9 Å². The number of carbonyl (C=O) groups is 3. The molecule has 0 spiro atoms. The Morgan fingerprint density at radius 1 is 0.982 bits per heavy atom. The fourth-order valence-electron chi connectivity index (χ4n) is 6.98. The van der Waals surface area contributed by atoms with Crippen molar-refractivity contribution in [2.45, 2.75) is 79.8 Å². The van der Waals surface area contributed by atoms with Crippen LogP contribution < -0.4 is 16.4 Å². The van der Waals surface area contributed by atoms with Crippen LogP contribution in [0.3, 0.4) is 0 Å². The highest BCUT2D eigenvalue weighted by atomic mass is 35.5. The number of likely N-dealkylation sites (N-methyl/N-ethyl adjacent to an activating group) is 1. The van der Waals surface area contributed by atoms with Crippen molar-refractivity contribution in [3.05, 3.63) is 118 Å². The minimum atomic E-state index is -4.71. The number of carbonyl (C=O) groups excluding carboxylic acids is 3. The van der Waals surface area contributed by atoms with E-state index in [9.17, 15) is 27.6 Å². The number of halogens is 4. The summed E-state index contributed by atoms with van der Waals surface area (Å²) >= 11 is 7.68. The molecule has 3 atom stereocenters. The van der Waals surface area contributed by atoms with Gasteiger partial charge in [-0.3, -0.25) is 19.4 Å². The fourth-order valence-corrected chi connectivity index (χ4v) is 8.33. The molecule has 4 heterocycles. The topological polar surface area (TPSA) is 146 Å². The maximum absolute atomic E-state index is 14.6. The van der Waals surface area contributed by atoms with E-state index in [4.69, 9.17) is 17.3 Å². The largest absolute Gasteiger partial charge is 0.416 e. The van der Waals surface area contributed by atoms with Gasteiger partial charge in [-0.1, -0.05) is 60.1 Å². The van der Waals surface area contributed by atoms with Gasteiger partial charge in [0.25, 0.3) is 0 Å². The second kappa shape index (κ2) is 18.5. The Hall–Kier alpha value is -4.76. The first-order chi connectivity index (χ1) is 26.9. The first-order valence-electron chi connectivity index (χ1n) is 18.4. The summed E-state index contributed by atoms with van der Waals surface area (Å²) in [4.78, 5) is 56.9. The third kappa shape index (κ3) is 9.96. The number of para-hydroxylation sites is 1. The van der Waals surface area contributed by atoms with Gasteiger partial charge in [-0.15, -0.1) is 0 Å². The molecule has 1 aliphatic heterocycles. The van der Waals surface area contributed by atoms with Crippen LogP contribution in [-0.4, -0.2) is 63.1 Å². The van der Waals surface area contributed by atoms with Crippen LogP contribution in [0.5, 0.6) is 0 Å². The van der Waals surface area contributed by atoms with E-state index in [1.807, 2.05) is 36.4 Å². The SMILES string of the molecule is CN1C(=O)[C@H](CCCCN)CC(=O)[C@H](Cc2cccnc2)NCc2cccnc2Sc2c(Cl)cc(C(F)(F)F)cc2CNC(=O)[C@@H]1Cc1c[nH]c2ccccc12. The average Bonchev–Trinajstić information content (AvgIpc) is 3.60. The Labute approximate surface area is 332 Å². The van der Waals surface area contributed by atoms with Crippen LogP contribution in [0.15, 0.2) is 95.4 Å². The summed E-state index contributed by atoms with van der Waals surface area (Å²) in [5, 5.41) is 7.37. The molecule has 56 heavy (non-hydrogen) atoms. The molecule has 0 aliphatic carbocycles. The van der Waals surface area contributed by atoms with E-state index >= 15 is 0 Å². The molecular formula is C41H43ClF3N7O3S. The van der Waals surface area contributed by atoms with E-state index < -0.39 is 41.6 Å². The molecule has 15 heteroatoms. The molecule has 0 unspecified atom stereocenters. The van der Waals surface area contributed by atoms with Gasteiger partial charge in [-0.05, 0) is 78.4 Å². The lowest BCUT2D eigenvalue weighted by Crippen LogP contribution is -2.51. The van der Waals surface area contributed by atoms with E-state index in [-0.39, 0.29) is 53.6 Å². The molecular weight excluding hydrogens is 763 g/mol. The molecule has 3 aromatic heterocycles. The molecule has 5 aromatic rings. The highest BCUT2D eigenvalue weighted by molar-refractivity contribution is 7.99. The first-order valence-corrected chi connectivity index (χ1v) is 19.6. The zero-order valence-corrected chi connectivity index (χ0v) is 32.3. The third-order valence-corrected chi connectivity index (χ3v) is 11.7. The Morgan fingerprint density at radius 2 is 1.79 bits per heavy atom. The number of unbranched alkanes of at least 4 members (excludes halogenated alkanes) is 1. The standard InChI is InChI=1S/C41H43ClF3N7O3S/c1-52-35(18-28-23-49-33-12-3-2-11-31(28)33)38(54)51-24-29-17-30(41(43,44)45)20-32(42)37(29)56-39-27(10-7-15-48-39)22-50-34(16-25-8-6-14-47-21-25)36(53)19-26(40(52)55)9-4-5-13-46/h2-3,6-8,10-12,14-15,17,20-21,23,26,34-35,49-50H,4-5,9,13,16,18-19,22,24,46H2,1H3,(H,51,54)/t26-,34+,35+/m1/s1. The number of aromatic amines is 1. The van der Waals surface area contributed by atoms with Crippen molar-refractivity contribution in [1.82, 2.24) is 30.5 Å². The van der Waals surface area contributed by atoms with Crippen molar-refractivity contribution in [2.75, 3.05) is 13.6 Å². The lowest BCUT2D eigenvalue weighted by Gasteiger charge is -2.31. The summed E-state index contributed by atoms with van der Waals surface area (Å²) < 4.78 is 42.4. The van der Waals surface area contributed by atoms with Gasteiger partial charge >= 0.3 is 6.18 Å². The molecule has 2 amide bonds. The molecule has 0 radical (unpaired) electrons. The number of benzene rings is 2. The van der Waals surface area contributed by atoms with Crippen LogP contribution in [-0.2, 0) is 46.5 Å². The molecule has 1 aliphatic rings. The van der Waals surface area contributed by atoms with Gasteiger partial charge in [0.2, 0.25) is 11.8 Å². The predicted octanol–water partition coefficient (Wildman–Crippen LogP) is 6.89. The zero-order valence-electron chi connectivity index (χ0n) is 30.7. The van der Waals surface area contributed by atoms with Gasteiger partial charge in [0.15, 0.2) is 5.78 Å². The van der Waals surface area contributed by atoms with Gasteiger partial charge in [0.05, 0.1) is 16.6 Å². The van der Waals surface area contributed by atoms with Crippen LogP contribution >= 0.6 is 23.4 Å². The van der Waals surface area contributed by atoms with Crippen LogP contribution in [0.2, 0.25) is 5.02 Å². The normalized spacial score (nSPS) is 19.0. The van der Waals surface area contributed by atoms with Crippen molar-refractivity contribution >= 4 is 51.9 Å². The third-order valence-electron chi connectivity index (χ3n) is 10.0. The maximum atomic E-state index is 14.6. The van der Waals surface area contributed by atoms with Gasteiger partial charge in [0, 0.05) is 79.5 Å². The van der Waals surface area contributed by atoms with Crippen molar-refractivity contribution in [2.24, 2.45) is 11.7 Å². The number of amides is 2. The predicted molar refractivity (Wildman–Crippen MR) is 210 cm³/mol. The molecule has 2 aromatic carbocycles. The Kier molecular flexibility index (Phi) is 13.5. The number of pyridine rings is 2. The molecule has 0 saturated carbocycles. The maximum Gasteiger partial charge on any atom is 0.416 e. The number of rotatable bonds is 8. The Balaban J connectivity index is 1.45. The summed E-state index contributed by atoms with van der Waals surface area (Å²) in [6.07, 6.45) is 3.84. The Bertz CT molecular complexity index is 2170. The van der Waals surface area contributed by atoms with Gasteiger partial charge in [-0.2, -0.15) is 13.2 Å². The minimum absolute atomic E-state index is 0.0923. The molecule has 0 saturated heterocycles.